The van der Waals surface area contributed by atoms with Crippen molar-refractivity contribution in [2.24, 2.45) is 11.5 Å². The fourth-order valence-corrected chi connectivity index (χ4v) is 5.38. The molecule has 39 heavy (non-hydrogen) atoms. The first-order chi connectivity index (χ1) is 18.8. The molecule has 1 heterocycles. The molecule has 3 rings (SSSR count). The number of rotatable bonds is 17. The SMILES string of the molecule is CCCCCc1ccc(-c2cc3ccc(SCCCC(F)(F)CCCOC(=O)C(N)CN)cc3o2)c(CC)c1. The number of carbonyl (C=O) groups is 1. The first-order valence-corrected chi connectivity index (χ1v) is 15.0. The summed E-state index contributed by atoms with van der Waals surface area (Å²) < 4.78 is 39.6. The molecular weight excluding hydrogens is 518 g/mol. The summed E-state index contributed by atoms with van der Waals surface area (Å²) in [5.74, 6) is -2.02. The minimum absolute atomic E-state index is 0.0342. The molecule has 0 aliphatic rings. The Morgan fingerprint density at radius 1 is 1.05 bits per heavy atom. The van der Waals surface area contributed by atoms with Crippen LogP contribution in [0.25, 0.3) is 22.3 Å². The summed E-state index contributed by atoms with van der Waals surface area (Å²) in [7, 11) is 0. The molecule has 0 bridgehead atoms. The summed E-state index contributed by atoms with van der Waals surface area (Å²) in [5, 5.41) is 1.03. The van der Waals surface area contributed by atoms with Gasteiger partial charge < -0.3 is 20.6 Å². The minimum Gasteiger partial charge on any atom is -0.464 e. The maximum absolute atomic E-state index is 14.2. The molecule has 0 radical (unpaired) electrons. The summed E-state index contributed by atoms with van der Waals surface area (Å²) >= 11 is 1.55. The highest BCUT2D eigenvalue weighted by atomic mass is 32.2. The molecule has 214 valence electrons. The highest BCUT2D eigenvalue weighted by Gasteiger charge is 2.27. The molecule has 4 N–H and O–H groups in total. The quantitative estimate of drug-likeness (QED) is 0.101. The van der Waals surface area contributed by atoms with Gasteiger partial charge in [0.2, 0.25) is 5.92 Å². The van der Waals surface area contributed by atoms with Crippen molar-refractivity contribution in [2.45, 2.75) is 88.5 Å². The van der Waals surface area contributed by atoms with Gasteiger partial charge in [-0.05, 0) is 73.2 Å². The van der Waals surface area contributed by atoms with E-state index in [0.29, 0.717) is 12.2 Å². The van der Waals surface area contributed by atoms with Crippen LogP contribution in [0.15, 0.2) is 51.8 Å². The molecule has 0 fully saturated rings. The van der Waals surface area contributed by atoms with Gasteiger partial charge in [0.05, 0.1) is 6.61 Å². The lowest BCUT2D eigenvalue weighted by Crippen LogP contribution is -2.39. The van der Waals surface area contributed by atoms with E-state index in [4.69, 9.17) is 20.6 Å². The Balaban J connectivity index is 1.50. The molecule has 1 unspecified atom stereocenters. The van der Waals surface area contributed by atoms with Gasteiger partial charge in [0.1, 0.15) is 17.4 Å². The maximum atomic E-state index is 14.2. The Bertz CT molecular complexity index is 1200. The Hall–Kier alpha value is -2.42. The van der Waals surface area contributed by atoms with Crippen LogP contribution >= 0.6 is 11.8 Å². The summed E-state index contributed by atoms with van der Waals surface area (Å²) in [6.45, 7) is 4.28. The number of alkyl halides is 2. The van der Waals surface area contributed by atoms with E-state index in [1.54, 1.807) is 11.8 Å². The Labute approximate surface area is 235 Å². The molecule has 0 saturated carbocycles. The fraction of sp³-hybridized carbons (Fsp3) is 0.516. The molecular formula is C31H42F2N2O3S. The largest absolute Gasteiger partial charge is 0.464 e. The third-order valence-electron chi connectivity index (χ3n) is 6.82. The van der Waals surface area contributed by atoms with Crippen LogP contribution in [0.1, 0.15) is 69.9 Å². The fourth-order valence-electron chi connectivity index (χ4n) is 4.50. The summed E-state index contributed by atoms with van der Waals surface area (Å²) in [4.78, 5) is 12.5. The smallest absolute Gasteiger partial charge is 0.324 e. The lowest BCUT2D eigenvalue weighted by Gasteiger charge is -2.16. The number of thioether (sulfide) groups is 1. The van der Waals surface area contributed by atoms with E-state index in [9.17, 15) is 13.6 Å². The van der Waals surface area contributed by atoms with Gasteiger partial charge in [-0.3, -0.25) is 4.79 Å². The standard InChI is InChI=1S/C31H42F2N2O3S/c1-3-5-6-9-22-10-13-26(23(4-2)18-22)29-19-24-11-12-25(20-28(24)38-29)39-17-8-15-31(32,33)14-7-16-37-30(36)27(35)21-34/h10-13,18-20,27H,3-9,14-17,21,34-35H2,1-2H3. The average Bonchev–Trinajstić information content (AvgIpc) is 3.36. The average molecular weight is 561 g/mol. The Morgan fingerprint density at radius 2 is 1.85 bits per heavy atom. The van der Waals surface area contributed by atoms with Crippen molar-refractivity contribution < 1.29 is 22.7 Å². The van der Waals surface area contributed by atoms with Gasteiger partial charge in [0.15, 0.2) is 0 Å². The van der Waals surface area contributed by atoms with Crippen molar-refractivity contribution in [3.05, 3.63) is 53.6 Å². The first-order valence-electron chi connectivity index (χ1n) is 14.0. The molecule has 3 aromatic rings. The van der Waals surface area contributed by atoms with Crippen LogP contribution in [0, 0.1) is 0 Å². The number of fused-ring (bicyclic) bond motifs is 1. The van der Waals surface area contributed by atoms with Crippen LogP contribution in [0.2, 0.25) is 0 Å². The number of hydrogen-bond donors (Lipinski definition) is 2. The second-order valence-electron chi connectivity index (χ2n) is 10.0. The van der Waals surface area contributed by atoms with E-state index in [0.717, 1.165) is 40.0 Å². The monoisotopic (exact) mass is 560 g/mol. The van der Waals surface area contributed by atoms with E-state index in [2.05, 4.69) is 38.1 Å². The summed E-state index contributed by atoms with van der Waals surface area (Å²) in [5.41, 5.74) is 15.3. The van der Waals surface area contributed by atoms with Crippen molar-refractivity contribution in [3.63, 3.8) is 0 Å². The van der Waals surface area contributed by atoms with Gasteiger partial charge in [-0.1, -0.05) is 44.9 Å². The number of esters is 1. The van der Waals surface area contributed by atoms with Crippen molar-refractivity contribution in [1.82, 2.24) is 0 Å². The molecule has 8 heteroatoms. The number of aryl methyl sites for hydroxylation is 2. The van der Waals surface area contributed by atoms with Crippen molar-refractivity contribution >= 4 is 28.7 Å². The number of benzene rings is 2. The molecule has 1 atom stereocenters. The minimum atomic E-state index is -2.80. The van der Waals surface area contributed by atoms with Gasteiger partial charge in [0, 0.05) is 35.2 Å². The zero-order chi connectivity index (χ0) is 28.3. The van der Waals surface area contributed by atoms with E-state index in [1.807, 2.05) is 18.2 Å². The lowest BCUT2D eigenvalue weighted by molar-refractivity contribution is -0.145. The van der Waals surface area contributed by atoms with Crippen molar-refractivity contribution in [3.8, 4) is 11.3 Å². The summed E-state index contributed by atoms with van der Waals surface area (Å²) in [6, 6.07) is 13.9. The second-order valence-corrected chi connectivity index (χ2v) is 11.2. The van der Waals surface area contributed by atoms with E-state index >= 15 is 0 Å². The van der Waals surface area contributed by atoms with Crippen LogP contribution in [0.4, 0.5) is 8.78 Å². The third kappa shape index (κ3) is 9.62. The van der Waals surface area contributed by atoms with Crippen LogP contribution < -0.4 is 11.5 Å². The van der Waals surface area contributed by atoms with Crippen LogP contribution in [0.5, 0.6) is 0 Å². The Kier molecular flexibility index (Phi) is 12.3. The molecule has 1 aromatic heterocycles. The number of unbranched alkanes of at least 4 members (excludes halogenated alkanes) is 2. The molecule has 0 amide bonds. The highest BCUT2D eigenvalue weighted by molar-refractivity contribution is 7.99. The number of nitrogens with two attached hydrogens (primary N) is 2. The first kappa shape index (κ1) is 31.1. The number of hydrogen-bond acceptors (Lipinski definition) is 6. The van der Waals surface area contributed by atoms with Gasteiger partial charge in [-0.15, -0.1) is 11.8 Å². The number of ether oxygens (including phenoxy) is 1. The Morgan fingerprint density at radius 3 is 2.59 bits per heavy atom. The molecule has 0 saturated heterocycles. The van der Waals surface area contributed by atoms with E-state index < -0.39 is 17.9 Å². The lowest BCUT2D eigenvalue weighted by atomic mass is 9.97. The zero-order valence-electron chi connectivity index (χ0n) is 23.1. The molecule has 2 aromatic carbocycles. The predicted molar refractivity (Wildman–Crippen MR) is 156 cm³/mol. The van der Waals surface area contributed by atoms with Crippen molar-refractivity contribution in [1.29, 1.82) is 0 Å². The van der Waals surface area contributed by atoms with Gasteiger partial charge >= 0.3 is 5.97 Å². The van der Waals surface area contributed by atoms with Crippen LogP contribution in [0.3, 0.4) is 0 Å². The highest BCUT2D eigenvalue weighted by Crippen LogP contribution is 2.34. The van der Waals surface area contributed by atoms with E-state index in [1.165, 1.54) is 30.4 Å². The third-order valence-corrected chi connectivity index (χ3v) is 7.90. The van der Waals surface area contributed by atoms with Crippen LogP contribution in [-0.4, -0.2) is 36.8 Å². The molecule has 0 aliphatic heterocycles. The number of furan rings is 1. The zero-order valence-corrected chi connectivity index (χ0v) is 24.0. The van der Waals surface area contributed by atoms with Crippen LogP contribution in [-0.2, 0) is 22.4 Å². The predicted octanol–water partition coefficient (Wildman–Crippen LogP) is 7.51. The normalized spacial score (nSPS) is 12.7. The van der Waals surface area contributed by atoms with Gasteiger partial charge in [-0.25, -0.2) is 8.78 Å². The van der Waals surface area contributed by atoms with Crippen molar-refractivity contribution in [2.75, 3.05) is 18.9 Å². The molecule has 0 spiro atoms. The molecule has 0 aliphatic carbocycles. The van der Waals surface area contributed by atoms with E-state index in [-0.39, 0.29) is 32.4 Å². The molecule has 5 nitrogen and oxygen atoms in total. The maximum Gasteiger partial charge on any atom is 0.324 e. The second kappa shape index (κ2) is 15.4. The topological polar surface area (TPSA) is 91.5 Å². The number of carbonyl (C=O) groups excluding carboxylic acids is 1. The number of halogens is 2. The van der Waals surface area contributed by atoms with Gasteiger partial charge in [-0.2, -0.15) is 0 Å². The summed E-state index contributed by atoms with van der Waals surface area (Å²) in [6.07, 6.45) is 5.65. The van der Waals surface area contributed by atoms with Gasteiger partial charge in [0.25, 0.3) is 0 Å².